The Bertz CT molecular complexity index is 1040. The third kappa shape index (κ3) is 4.65. The number of alkyl carbamates (subject to hydrolysis) is 1. The Balaban J connectivity index is 1.38. The molecule has 7 nitrogen and oxygen atoms in total. The molecule has 2 aliphatic rings. The van der Waals surface area contributed by atoms with Crippen LogP contribution in [0.15, 0.2) is 48.5 Å². The highest BCUT2D eigenvalue weighted by molar-refractivity contribution is 5.88. The molecule has 0 spiro atoms. The highest BCUT2D eigenvalue weighted by atomic mass is 16.5. The van der Waals surface area contributed by atoms with Crippen LogP contribution in [0.4, 0.5) is 4.79 Å². The van der Waals surface area contributed by atoms with E-state index in [4.69, 9.17) is 4.74 Å². The minimum atomic E-state index is -1.32. The van der Waals surface area contributed by atoms with Gasteiger partial charge in [-0.2, -0.15) is 0 Å². The molecule has 7 heteroatoms. The van der Waals surface area contributed by atoms with Crippen LogP contribution in [0.5, 0.6) is 0 Å². The Morgan fingerprint density at radius 2 is 1.65 bits per heavy atom. The lowest BCUT2D eigenvalue weighted by molar-refractivity contribution is -0.148. The molecule has 2 aromatic carbocycles. The summed E-state index contributed by atoms with van der Waals surface area (Å²) in [6.07, 6.45) is 2.45. The molecule has 1 fully saturated rings. The molecule has 3 N–H and O–H groups in total. The van der Waals surface area contributed by atoms with Gasteiger partial charge < -0.3 is 20.5 Å². The van der Waals surface area contributed by atoms with Crippen molar-refractivity contribution in [2.45, 2.75) is 63.5 Å². The van der Waals surface area contributed by atoms with Gasteiger partial charge in [0.2, 0.25) is 5.91 Å². The standard InChI is InChI=1S/C27H32N2O5/c1-3-15-27(2,25(31)32)29-24(30)21-13-8-14-23(21)28-26(33)34-16-22-19-11-6-4-9-17(19)18-10-5-7-12-20(18)22/h4-7,9-12,21-23H,3,8,13-16H2,1-2H3,(H,28,33)(H,29,30)(H,31,32)/t21-,23+,27?/m1/s1. The summed E-state index contributed by atoms with van der Waals surface area (Å²) < 4.78 is 5.63. The van der Waals surface area contributed by atoms with Crippen LogP contribution in [0, 0.1) is 5.92 Å². The van der Waals surface area contributed by atoms with E-state index in [0.29, 0.717) is 25.7 Å². The number of ether oxygens (including phenoxy) is 1. The van der Waals surface area contributed by atoms with Crippen molar-refractivity contribution in [3.05, 3.63) is 59.7 Å². The van der Waals surface area contributed by atoms with Crippen molar-refractivity contribution >= 4 is 18.0 Å². The summed E-state index contributed by atoms with van der Waals surface area (Å²) in [6, 6.07) is 15.9. The predicted octanol–water partition coefficient (Wildman–Crippen LogP) is 4.45. The first-order chi connectivity index (χ1) is 16.3. The van der Waals surface area contributed by atoms with Crippen LogP contribution in [0.3, 0.4) is 0 Å². The van der Waals surface area contributed by atoms with Crippen LogP contribution < -0.4 is 10.6 Å². The van der Waals surface area contributed by atoms with Crippen molar-refractivity contribution in [2.75, 3.05) is 6.61 Å². The van der Waals surface area contributed by atoms with Crippen LogP contribution in [-0.4, -0.2) is 41.3 Å². The minimum Gasteiger partial charge on any atom is -0.480 e. The fourth-order valence-electron chi connectivity index (χ4n) is 5.33. The zero-order valence-electron chi connectivity index (χ0n) is 19.7. The average Bonchev–Trinajstić information content (AvgIpc) is 3.40. The van der Waals surface area contributed by atoms with Crippen molar-refractivity contribution in [3.63, 3.8) is 0 Å². The first kappa shape index (κ1) is 23.8. The minimum absolute atomic E-state index is 0.0360. The molecule has 0 radical (unpaired) electrons. The van der Waals surface area contributed by atoms with E-state index >= 15 is 0 Å². The molecule has 2 aliphatic carbocycles. The summed E-state index contributed by atoms with van der Waals surface area (Å²) in [4.78, 5) is 37.3. The highest BCUT2D eigenvalue weighted by Gasteiger charge is 2.40. The zero-order chi connectivity index (χ0) is 24.3. The maximum absolute atomic E-state index is 12.9. The summed E-state index contributed by atoms with van der Waals surface area (Å²) >= 11 is 0. The van der Waals surface area contributed by atoms with Gasteiger partial charge in [0, 0.05) is 12.0 Å². The van der Waals surface area contributed by atoms with Crippen molar-refractivity contribution in [1.82, 2.24) is 10.6 Å². The second kappa shape index (κ2) is 9.87. The first-order valence-corrected chi connectivity index (χ1v) is 12.0. The fraction of sp³-hybridized carbons (Fsp3) is 0.444. The van der Waals surface area contributed by atoms with Gasteiger partial charge in [-0.1, -0.05) is 68.3 Å². The second-order valence-electron chi connectivity index (χ2n) is 9.49. The van der Waals surface area contributed by atoms with Gasteiger partial charge in [0.15, 0.2) is 0 Å². The Labute approximate surface area is 199 Å². The zero-order valence-corrected chi connectivity index (χ0v) is 19.7. The molecule has 0 aromatic heterocycles. The third-order valence-electron chi connectivity index (χ3n) is 7.12. The van der Waals surface area contributed by atoms with Crippen LogP contribution in [-0.2, 0) is 14.3 Å². The summed E-state index contributed by atoms with van der Waals surface area (Å²) in [5.74, 6) is -1.90. The fourth-order valence-corrected chi connectivity index (χ4v) is 5.33. The van der Waals surface area contributed by atoms with Gasteiger partial charge in [0.1, 0.15) is 12.1 Å². The summed E-state index contributed by atoms with van der Waals surface area (Å²) in [7, 11) is 0. The van der Waals surface area contributed by atoms with E-state index in [1.807, 2.05) is 31.2 Å². The van der Waals surface area contributed by atoms with E-state index < -0.39 is 23.5 Å². The van der Waals surface area contributed by atoms with E-state index in [1.165, 1.54) is 6.92 Å². The van der Waals surface area contributed by atoms with Gasteiger partial charge in [0.05, 0.1) is 5.92 Å². The monoisotopic (exact) mass is 464 g/mol. The van der Waals surface area contributed by atoms with E-state index in [0.717, 1.165) is 28.7 Å². The second-order valence-corrected chi connectivity index (χ2v) is 9.49. The highest BCUT2D eigenvalue weighted by Crippen LogP contribution is 2.44. The number of hydrogen-bond acceptors (Lipinski definition) is 4. The van der Waals surface area contributed by atoms with Gasteiger partial charge in [0.25, 0.3) is 0 Å². The molecule has 0 aliphatic heterocycles. The quantitative estimate of drug-likeness (QED) is 0.535. The summed E-state index contributed by atoms with van der Waals surface area (Å²) in [5, 5.41) is 15.1. The van der Waals surface area contributed by atoms with Crippen LogP contribution in [0.1, 0.15) is 63.0 Å². The lowest BCUT2D eigenvalue weighted by Gasteiger charge is -2.29. The smallest absolute Gasteiger partial charge is 0.407 e. The van der Waals surface area contributed by atoms with E-state index in [9.17, 15) is 19.5 Å². The lowest BCUT2D eigenvalue weighted by Crippen LogP contribution is -2.55. The van der Waals surface area contributed by atoms with Crippen molar-refractivity contribution in [1.29, 1.82) is 0 Å². The maximum Gasteiger partial charge on any atom is 0.407 e. The third-order valence-corrected chi connectivity index (χ3v) is 7.12. The molecule has 0 saturated heterocycles. The van der Waals surface area contributed by atoms with E-state index in [-0.39, 0.29) is 24.5 Å². The molecular formula is C27H32N2O5. The Hall–Kier alpha value is -3.35. The number of aliphatic carboxylic acids is 1. The van der Waals surface area contributed by atoms with Crippen LogP contribution in [0.25, 0.3) is 11.1 Å². The first-order valence-electron chi connectivity index (χ1n) is 12.0. The molecule has 2 amide bonds. The van der Waals surface area contributed by atoms with Gasteiger partial charge in [-0.05, 0) is 48.4 Å². The number of rotatable bonds is 8. The van der Waals surface area contributed by atoms with E-state index in [2.05, 4.69) is 34.9 Å². The molecule has 34 heavy (non-hydrogen) atoms. The van der Waals surface area contributed by atoms with E-state index in [1.54, 1.807) is 0 Å². The Morgan fingerprint density at radius 1 is 1.03 bits per heavy atom. The van der Waals surface area contributed by atoms with Gasteiger partial charge in [-0.25, -0.2) is 9.59 Å². The largest absolute Gasteiger partial charge is 0.480 e. The van der Waals surface area contributed by atoms with Gasteiger partial charge in [-0.15, -0.1) is 0 Å². The molecule has 1 saturated carbocycles. The normalized spacial score (nSPS) is 20.6. The van der Waals surface area contributed by atoms with Crippen molar-refractivity contribution < 1.29 is 24.2 Å². The number of fused-ring (bicyclic) bond motifs is 3. The molecule has 0 heterocycles. The van der Waals surface area contributed by atoms with Crippen LogP contribution in [0.2, 0.25) is 0 Å². The average molecular weight is 465 g/mol. The van der Waals surface area contributed by atoms with Crippen LogP contribution >= 0.6 is 0 Å². The predicted molar refractivity (Wildman–Crippen MR) is 128 cm³/mol. The Kier molecular flexibility index (Phi) is 6.91. The molecule has 2 aromatic rings. The SMILES string of the molecule is CCCC(C)(NC(=O)[C@@H]1CCC[C@@H]1NC(=O)OCC1c2ccccc2-c2ccccc21)C(=O)O. The number of hydrogen-bond donors (Lipinski definition) is 3. The number of carboxylic acid groups (broad SMARTS) is 1. The number of amides is 2. The lowest BCUT2D eigenvalue weighted by atomic mass is 9.94. The Morgan fingerprint density at radius 3 is 2.24 bits per heavy atom. The molecule has 4 rings (SSSR count). The molecule has 1 unspecified atom stereocenters. The topological polar surface area (TPSA) is 105 Å². The molecule has 0 bridgehead atoms. The molecular weight excluding hydrogens is 432 g/mol. The number of carboxylic acids is 1. The number of carbonyl (C=O) groups is 3. The van der Waals surface area contributed by atoms with Crippen molar-refractivity contribution in [3.8, 4) is 11.1 Å². The van der Waals surface area contributed by atoms with Crippen molar-refractivity contribution in [2.24, 2.45) is 5.92 Å². The molecule has 3 atom stereocenters. The molecule has 180 valence electrons. The van der Waals surface area contributed by atoms with Gasteiger partial charge in [-0.3, -0.25) is 4.79 Å². The van der Waals surface area contributed by atoms with Gasteiger partial charge >= 0.3 is 12.1 Å². The number of nitrogens with one attached hydrogen (secondary N) is 2. The summed E-state index contributed by atoms with van der Waals surface area (Å²) in [5.41, 5.74) is 3.28. The summed E-state index contributed by atoms with van der Waals surface area (Å²) in [6.45, 7) is 3.61. The number of benzene rings is 2. The maximum atomic E-state index is 12.9. The number of carbonyl (C=O) groups excluding carboxylic acids is 2.